The third kappa shape index (κ3) is 5.87. The van der Waals surface area contributed by atoms with Gasteiger partial charge in [-0.1, -0.05) is 59.1 Å². The Labute approximate surface area is 326 Å². The second-order valence-electron chi connectivity index (χ2n) is 13.9. The number of ether oxygens (including phenoxy) is 1. The van der Waals surface area contributed by atoms with Crippen molar-refractivity contribution >= 4 is 64.0 Å². The number of anilines is 1. The number of pyridine rings is 1. The molecule has 284 valence electrons. The molecule has 2 N–H and O–H groups in total. The second-order valence-corrected chi connectivity index (χ2v) is 15.8. The molecule has 0 unspecified atom stereocenters. The molecular weight excluding hydrogens is 780 g/mol. The number of allylic oxidation sites excluding steroid dienone is 2. The Hall–Kier alpha value is -4.92. The van der Waals surface area contributed by atoms with Crippen molar-refractivity contribution < 1.29 is 42.2 Å². The highest BCUT2D eigenvalue weighted by Crippen LogP contribution is 2.64. The predicted molar refractivity (Wildman–Crippen MR) is 196 cm³/mol. The number of aromatic nitrogens is 1. The van der Waals surface area contributed by atoms with Gasteiger partial charge in [-0.2, -0.15) is 18.2 Å². The zero-order valence-corrected chi connectivity index (χ0v) is 31.2. The maximum atomic E-state index is 15.3. The molecule has 4 aliphatic rings. The van der Waals surface area contributed by atoms with E-state index in [-0.39, 0.29) is 55.1 Å². The molecule has 4 heterocycles. The summed E-state index contributed by atoms with van der Waals surface area (Å²) in [5.74, 6) is -6.91. The number of benzene rings is 2. The topological polar surface area (TPSA) is 129 Å². The van der Waals surface area contributed by atoms with Crippen molar-refractivity contribution in [2.75, 3.05) is 12.0 Å². The largest absolute Gasteiger partial charge is 0.504 e. The molecule has 55 heavy (non-hydrogen) atoms. The molecule has 0 spiro atoms. The molecule has 10 nitrogen and oxygen atoms in total. The Morgan fingerprint density at radius 1 is 1.02 bits per heavy atom. The van der Waals surface area contributed by atoms with Crippen molar-refractivity contribution in [1.29, 1.82) is 0 Å². The SMILES string of the molecule is CCOc1cc([C@H]2C3=CC[C@@H]4C(=O)N(Cc5cccs5)C(=O)[C@@H]4[C@@H]3C[C@H]3C(=O)N(Nc4ncc(C(F)(F)F)cc4Cl)C(=O)[C@@]23c2ccc(Cl)cc2)ccc1O. The van der Waals surface area contributed by atoms with Crippen LogP contribution in [0.1, 0.15) is 47.3 Å². The van der Waals surface area contributed by atoms with E-state index in [4.69, 9.17) is 27.9 Å². The van der Waals surface area contributed by atoms with Crippen LogP contribution in [0, 0.1) is 23.7 Å². The molecule has 2 aromatic heterocycles. The molecule has 2 saturated heterocycles. The highest BCUT2D eigenvalue weighted by atomic mass is 35.5. The van der Waals surface area contributed by atoms with Crippen molar-refractivity contribution in [1.82, 2.24) is 14.9 Å². The van der Waals surface area contributed by atoms with Gasteiger partial charge in [0.15, 0.2) is 17.3 Å². The number of phenolic OH excluding ortho intramolecular Hbond substituents is 1. The van der Waals surface area contributed by atoms with E-state index in [1.807, 2.05) is 23.6 Å². The van der Waals surface area contributed by atoms with E-state index >= 15 is 4.79 Å². The zero-order valence-electron chi connectivity index (χ0n) is 28.8. The number of imide groups is 2. The molecule has 2 aliphatic heterocycles. The number of hydrazine groups is 1. The van der Waals surface area contributed by atoms with Crippen LogP contribution in [0.2, 0.25) is 10.0 Å². The summed E-state index contributed by atoms with van der Waals surface area (Å²) < 4.78 is 46.2. The number of hydrogen-bond acceptors (Lipinski definition) is 9. The number of aromatic hydroxyl groups is 1. The quantitative estimate of drug-likeness (QED) is 0.137. The first-order chi connectivity index (χ1) is 26.2. The first kappa shape index (κ1) is 37.0. The van der Waals surface area contributed by atoms with Crippen LogP contribution in [-0.2, 0) is 37.3 Å². The van der Waals surface area contributed by atoms with Crippen LogP contribution < -0.4 is 10.2 Å². The summed E-state index contributed by atoms with van der Waals surface area (Å²) in [4.78, 5) is 64.4. The summed E-state index contributed by atoms with van der Waals surface area (Å²) >= 11 is 14.0. The lowest BCUT2D eigenvalue weighted by atomic mass is 9.49. The van der Waals surface area contributed by atoms with E-state index in [0.29, 0.717) is 34.0 Å². The molecule has 1 saturated carbocycles. The normalized spacial score (nSPS) is 26.1. The molecule has 2 aliphatic carbocycles. The first-order valence-corrected chi connectivity index (χ1v) is 19.1. The summed E-state index contributed by atoms with van der Waals surface area (Å²) in [6.07, 6.45) is -2.14. The molecule has 6 atom stereocenters. The summed E-state index contributed by atoms with van der Waals surface area (Å²) in [5, 5.41) is 13.2. The summed E-state index contributed by atoms with van der Waals surface area (Å²) in [5.41, 5.74) is 1.32. The Bertz CT molecular complexity index is 2270. The van der Waals surface area contributed by atoms with Gasteiger partial charge in [-0.25, -0.2) is 4.98 Å². The van der Waals surface area contributed by atoms with Gasteiger partial charge in [0.2, 0.25) is 11.8 Å². The van der Waals surface area contributed by atoms with Gasteiger partial charge in [0.1, 0.15) is 0 Å². The van der Waals surface area contributed by atoms with Gasteiger partial charge in [-0.15, -0.1) is 11.3 Å². The van der Waals surface area contributed by atoms with E-state index in [0.717, 1.165) is 9.89 Å². The number of rotatable bonds is 8. The van der Waals surface area contributed by atoms with Crippen molar-refractivity contribution in [3.63, 3.8) is 0 Å². The fourth-order valence-electron chi connectivity index (χ4n) is 8.92. The Kier molecular flexibility index (Phi) is 9.21. The van der Waals surface area contributed by atoms with Gasteiger partial charge >= 0.3 is 6.18 Å². The molecule has 8 rings (SSSR count). The first-order valence-electron chi connectivity index (χ1n) is 17.4. The van der Waals surface area contributed by atoms with Gasteiger partial charge in [0.05, 0.1) is 46.9 Å². The average Bonchev–Trinajstić information content (AvgIpc) is 3.81. The number of nitrogens with one attached hydrogen (secondary N) is 1. The molecular formula is C39H31Cl2F3N4O6S. The standard InChI is InChI=1S/C39H31Cl2F3N4O6S/c1-2-54-30-14-19(5-12-29(30)49)32-24-10-11-25-31(36(52)47(34(25)50)18-23-4-3-13-55-23)26(24)16-27-35(51)48(37(53)38(27,32)20-6-8-22(40)9-7-20)46-33-28(41)15-21(17-45-33)39(42,43)44/h3-10,12-15,17,25-27,31-32,49H,2,11,16,18H2,1H3,(H,45,46)/t25-,26+,27-,31-,32-,38+/m0/s1. The van der Waals surface area contributed by atoms with Gasteiger partial charge in [-0.3, -0.25) is 29.5 Å². The molecule has 0 bridgehead atoms. The highest BCUT2D eigenvalue weighted by molar-refractivity contribution is 7.09. The minimum Gasteiger partial charge on any atom is -0.504 e. The minimum atomic E-state index is -4.75. The predicted octanol–water partition coefficient (Wildman–Crippen LogP) is 7.76. The van der Waals surface area contributed by atoms with Crippen molar-refractivity contribution in [2.24, 2.45) is 23.7 Å². The van der Waals surface area contributed by atoms with E-state index < -0.39 is 63.6 Å². The molecule has 16 heteroatoms. The Morgan fingerprint density at radius 2 is 1.78 bits per heavy atom. The Balaban J connectivity index is 1.31. The number of carbonyl (C=O) groups excluding carboxylic acids is 4. The average molecular weight is 812 g/mol. The number of amides is 4. The fourth-order valence-corrected chi connectivity index (χ4v) is 9.95. The molecule has 4 aromatic rings. The summed E-state index contributed by atoms with van der Waals surface area (Å²) in [7, 11) is 0. The molecule has 3 fully saturated rings. The van der Waals surface area contributed by atoms with E-state index in [9.17, 15) is 32.7 Å². The van der Waals surface area contributed by atoms with Crippen LogP contribution in [0.25, 0.3) is 0 Å². The van der Waals surface area contributed by atoms with Crippen LogP contribution in [0.4, 0.5) is 19.0 Å². The van der Waals surface area contributed by atoms with E-state index in [1.54, 1.807) is 43.3 Å². The summed E-state index contributed by atoms with van der Waals surface area (Å²) in [6, 6.07) is 15.4. The third-order valence-electron chi connectivity index (χ3n) is 11.2. The minimum absolute atomic E-state index is 0.0225. The number of fused-ring (bicyclic) bond motifs is 4. The lowest BCUT2D eigenvalue weighted by Crippen LogP contribution is -2.53. The number of phenols is 1. The third-order valence-corrected chi connectivity index (χ3v) is 12.6. The zero-order chi connectivity index (χ0) is 39.0. The van der Waals surface area contributed by atoms with Gasteiger partial charge in [0, 0.05) is 22.0 Å². The van der Waals surface area contributed by atoms with Crippen LogP contribution in [-0.4, -0.2) is 50.2 Å². The number of nitrogens with zero attached hydrogens (tertiary/aromatic N) is 3. The van der Waals surface area contributed by atoms with Crippen LogP contribution in [0.15, 0.2) is 83.9 Å². The van der Waals surface area contributed by atoms with Crippen LogP contribution in [0.5, 0.6) is 11.5 Å². The highest BCUT2D eigenvalue weighted by Gasteiger charge is 2.70. The maximum Gasteiger partial charge on any atom is 0.417 e. The number of carbonyl (C=O) groups is 4. The maximum absolute atomic E-state index is 15.3. The van der Waals surface area contributed by atoms with Crippen molar-refractivity contribution in [3.05, 3.63) is 116 Å². The number of thiophene rings is 1. The van der Waals surface area contributed by atoms with Gasteiger partial charge in [0.25, 0.3) is 11.8 Å². The molecule has 2 aromatic carbocycles. The van der Waals surface area contributed by atoms with Crippen molar-refractivity contribution in [3.8, 4) is 11.5 Å². The Morgan fingerprint density at radius 3 is 2.45 bits per heavy atom. The van der Waals surface area contributed by atoms with Crippen molar-refractivity contribution in [2.45, 2.75) is 43.8 Å². The van der Waals surface area contributed by atoms with Crippen LogP contribution >= 0.6 is 34.5 Å². The van der Waals surface area contributed by atoms with Gasteiger partial charge in [-0.05, 0) is 78.6 Å². The fraction of sp³-hybridized carbons (Fsp3) is 0.308. The number of likely N-dealkylation sites (tertiary alicyclic amines) is 1. The number of hydrogen-bond donors (Lipinski definition) is 2. The number of alkyl halides is 3. The smallest absolute Gasteiger partial charge is 0.417 e. The van der Waals surface area contributed by atoms with E-state index in [2.05, 4.69) is 10.4 Å². The van der Waals surface area contributed by atoms with Gasteiger partial charge < -0.3 is 9.84 Å². The molecule has 0 radical (unpaired) electrons. The second kappa shape index (κ2) is 13.7. The lowest BCUT2D eigenvalue weighted by molar-refractivity contribution is -0.142. The number of halogens is 5. The monoisotopic (exact) mass is 810 g/mol. The molecule has 4 amide bonds. The lowest BCUT2D eigenvalue weighted by Gasteiger charge is -2.50. The van der Waals surface area contributed by atoms with Crippen LogP contribution in [0.3, 0.4) is 0 Å². The summed E-state index contributed by atoms with van der Waals surface area (Å²) in [6.45, 7) is 2.05. The van der Waals surface area contributed by atoms with E-state index in [1.165, 1.54) is 22.3 Å².